The van der Waals surface area contributed by atoms with Crippen LogP contribution in [0.15, 0.2) is 65.8 Å². The standard InChI is InChI=1S/C29H28F3N3O6S2/c1-38-22-8-5-19(26(11-22)39-2)14-35(29-33-17-34-42-29)43(36,37)28-13-24(31)27(12-25(28)32)41-16-20-15-40-10-9-23(20)18-3-6-21(30)7-4-18/h3-8,11-13,17,20,23H,9-10,14-16H2,1-2H3. The lowest BCUT2D eigenvalue weighted by Gasteiger charge is -2.32. The molecule has 9 nitrogen and oxygen atoms in total. The Morgan fingerprint density at radius 3 is 2.49 bits per heavy atom. The molecule has 2 heterocycles. The molecule has 0 amide bonds. The second-order valence-electron chi connectivity index (χ2n) is 9.72. The Labute approximate surface area is 251 Å². The van der Waals surface area contributed by atoms with Gasteiger partial charge in [0.1, 0.15) is 34.4 Å². The number of rotatable bonds is 11. The molecule has 3 aromatic carbocycles. The summed E-state index contributed by atoms with van der Waals surface area (Å²) in [6.45, 7) is 0.473. The van der Waals surface area contributed by atoms with Crippen LogP contribution in [0.5, 0.6) is 17.2 Å². The van der Waals surface area contributed by atoms with Crippen LogP contribution in [0.3, 0.4) is 0 Å². The highest BCUT2D eigenvalue weighted by Crippen LogP contribution is 2.36. The molecule has 1 aliphatic rings. The molecule has 14 heteroatoms. The molecule has 2 unspecified atom stereocenters. The average molecular weight is 636 g/mol. The summed E-state index contributed by atoms with van der Waals surface area (Å²) >= 11 is 0.776. The van der Waals surface area contributed by atoms with E-state index >= 15 is 8.78 Å². The molecule has 0 radical (unpaired) electrons. The van der Waals surface area contributed by atoms with Gasteiger partial charge in [0, 0.05) is 47.8 Å². The van der Waals surface area contributed by atoms with Crippen molar-refractivity contribution < 1.29 is 40.5 Å². The molecule has 0 saturated carbocycles. The Kier molecular flexibility index (Phi) is 9.37. The van der Waals surface area contributed by atoms with Crippen molar-refractivity contribution >= 4 is 26.7 Å². The maximum absolute atomic E-state index is 15.5. The number of anilines is 1. The number of methoxy groups -OCH3 is 2. The third-order valence-corrected chi connectivity index (χ3v) is 9.71. The molecule has 0 spiro atoms. The fraction of sp³-hybridized carbons (Fsp3) is 0.310. The number of hydrogen-bond donors (Lipinski definition) is 0. The molecular weight excluding hydrogens is 607 g/mol. The van der Waals surface area contributed by atoms with Gasteiger partial charge in [-0.3, -0.25) is 0 Å². The number of halogens is 3. The van der Waals surface area contributed by atoms with Crippen LogP contribution >= 0.6 is 11.5 Å². The van der Waals surface area contributed by atoms with Gasteiger partial charge in [-0.15, -0.1) is 0 Å². The fourth-order valence-electron chi connectivity index (χ4n) is 4.91. The molecule has 0 bridgehead atoms. The monoisotopic (exact) mass is 635 g/mol. The summed E-state index contributed by atoms with van der Waals surface area (Å²) in [4.78, 5) is 3.10. The van der Waals surface area contributed by atoms with Crippen molar-refractivity contribution in [2.45, 2.75) is 23.8 Å². The van der Waals surface area contributed by atoms with E-state index < -0.39 is 32.3 Å². The minimum atomic E-state index is -4.68. The van der Waals surface area contributed by atoms with Gasteiger partial charge in [-0.05, 0) is 42.2 Å². The van der Waals surface area contributed by atoms with Gasteiger partial charge in [-0.25, -0.2) is 30.9 Å². The first-order chi connectivity index (χ1) is 20.7. The molecule has 2 atom stereocenters. The Hall–Kier alpha value is -3.88. The van der Waals surface area contributed by atoms with Crippen LogP contribution in [-0.2, 0) is 21.3 Å². The van der Waals surface area contributed by atoms with E-state index in [0.717, 1.165) is 27.7 Å². The Morgan fingerprint density at radius 1 is 1.00 bits per heavy atom. The van der Waals surface area contributed by atoms with Gasteiger partial charge >= 0.3 is 0 Å². The minimum absolute atomic E-state index is 0.0291. The largest absolute Gasteiger partial charge is 0.497 e. The van der Waals surface area contributed by atoms with Crippen LogP contribution in [0, 0.1) is 23.4 Å². The van der Waals surface area contributed by atoms with Crippen LogP contribution in [0.25, 0.3) is 0 Å². The van der Waals surface area contributed by atoms with Crippen molar-refractivity contribution in [3.05, 3.63) is 89.5 Å². The zero-order chi connectivity index (χ0) is 30.6. The van der Waals surface area contributed by atoms with Crippen molar-refractivity contribution in [2.75, 3.05) is 38.3 Å². The van der Waals surface area contributed by atoms with Gasteiger partial charge in [-0.1, -0.05) is 12.1 Å². The van der Waals surface area contributed by atoms with Gasteiger partial charge in [0.25, 0.3) is 10.0 Å². The number of hydrogen-bond acceptors (Lipinski definition) is 9. The van der Waals surface area contributed by atoms with Crippen LogP contribution in [0.2, 0.25) is 0 Å². The smallest absolute Gasteiger partial charge is 0.269 e. The lowest BCUT2D eigenvalue weighted by molar-refractivity contribution is 0.0199. The first-order valence-corrected chi connectivity index (χ1v) is 15.4. The van der Waals surface area contributed by atoms with Crippen molar-refractivity contribution in [1.29, 1.82) is 0 Å². The number of nitrogens with zero attached hydrogens (tertiary/aromatic N) is 3. The van der Waals surface area contributed by atoms with E-state index in [1.54, 1.807) is 30.3 Å². The van der Waals surface area contributed by atoms with Gasteiger partial charge in [0.15, 0.2) is 11.6 Å². The Balaban J connectivity index is 1.40. The van der Waals surface area contributed by atoms with Gasteiger partial charge in [0.05, 0.1) is 34.0 Å². The van der Waals surface area contributed by atoms with E-state index in [2.05, 4.69) is 9.36 Å². The molecule has 43 heavy (non-hydrogen) atoms. The Bertz CT molecular complexity index is 1660. The highest BCUT2D eigenvalue weighted by Gasteiger charge is 2.33. The number of aromatic nitrogens is 2. The minimum Gasteiger partial charge on any atom is -0.497 e. The van der Waals surface area contributed by atoms with E-state index in [9.17, 15) is 12.8 Å². The third-order valence-electron chi connectivity index (χ3n) is 7.15. The number of sulfonamides is 1. The summed E-state index contributed by atoms with van der Waals surface area (Å²) in [5, 5.41) is -0.0536. The average Bonchev–Trinajstić information content (AvgIpc) is 3.55. The Morgan fingerprint density at radius 2 is 1.79 bits per heavy atom. The summed E-state index contributed by atoms with van der Waals surface area (Å²) in [7, 11) is -1.79. The van der Waals surface area contributed by atoms with Gasteiger partial charge < -0.3 is 18.9 Å². The van der Waals surface area contributed by atoms with Crippen molar-refractivity contribution in [2.24, 2.45) is 5.92 Å². The van der Waals surface area contributed by atoms with E-state index in [1.165, 1.54) is 26.4 Å². The third kappa shape index (κ3) is 6.71. The molecule has 1 saturated heterocycles. The maximum atomic E-state index is 15.5. The molecule has 0 N–H and O–H groups in total. The normalized spacial score (nSPS) is 17.0. The van der Waals surface area contributed by atoms with E-state index in [-0.39, 0.29) is 35.9 Å². The SMILES string of the molecule is COc1ccc(CN(c2ncns2)S(=O)(=O)c2cc(F)c(OCC3COCCC3c3ccc(F)cc3)cc2F)c(OC)c1. The molecule has 228 valence electrons. The maximum Gasteiger partial charge on any atom is 0.269 e. The second kappa shape index (κ2) is 13.2. The lowest BCUT2D eigenvalue weighted by atomic mass is 9.83. The molecule has 4 aromatic rings. The highest BCUT2D eigenvalue weighted by molar-refractivity contribution is 7.93. The van der Waals surface area contributed by atoms with Crippen LogP contribution in [0.1, 0.15) is 23.5 Å². The molecular formula is C29H28F3N3O6S2. The van der Waals surface area contributed by atoms with Crippen molar-refractivity contribution in [3.8, 4) is 17.2 Å². The molecule has 5 rings (SSSR count). The summed E-state index contributed by atoms with van der Waals surface area (Å²) in [6.07, 6.45) is 1.81. The van der Waals surface area contributed by atoms with Crippen molar-refractivity contribution in [1.82, 2.24) is 9.36 Å². The topological polar surface area (TPSA) is 100 Å². The first kappa shape index (κ1) is 30.6. The van der Waals surface area contributed by atoms with Gasteiger partial charge in [0.2, 0.25) is 5.13 Å². The summed E-state index contributed by atoms with van der Waals surface area (Å²) in [6, 6.07) is 12.2. The molecule has 1 fully saturated rings. The van der Waals surface area contributed by atoms with Crippen LogP contribution < -0.4 is 18.5 Å². The fourth-order valence-corrected chi connectivity index (χ4v) is 7.10. The number of benzene rings is 3. The van der Waals surface area contributed by atoms with Crippen LogP contribution in [-0.4, -0.2) is 51.8 Å². The summed E-state index contributed by atoms with van der Waals surface area (Å²) < 4.78 is 98.3. The molecule has 1 aromatic heterocycles. The summed E-state index contributed by atoms with van der Waals surface area (Å²) in [5.74, 6) is -2.53. The lowest BCUT2D eigenvalue weighted by Crippen LogP contribution is -2.32. The zero-order valence-electron chi connectivity index (χ0n) is 23.2. The van der Waals surface area contributed by atoms with E-state index in [1.807, 2.05) is 0 Å². The zero-order valence-corrected chi connectivity index (χ0v) is 24.8. The van der Waals surface area contributed by atoms with E-state index in [0.29, 0.717) is 48.8 Å². The van der Waals surface area contributed by atoms with E-state index in [4.69, 9.17) is 18.9 Å². The van der Waals surface area contributed by atoms with Crippen molar-refractivity contribution in [3.63, 3.8) is 0 Å². The quantitative estimate of drug-likeness (QED) is 0.211. The molecule has 0 aliphatic carbocycles. The summed E-state index contributed by atoms with van der Waals surface area (Å²) in [5.41, 5.74) is 1.31. The van der Waals surface area contributed by atoms with Gasteiger partial charge in [-0.2, -0.15) is 4.37 Å². The highest BCUT2D eigenvalue weighted by atomic mass is 32.2. The second-order valence-corrected chi connectivity index (χ2v) is 12.3. The number of ether oxygens (including phenoxy) is 4. The predicted octanol–water partition coefficient (Wildman–Crippen LogP) is 5.57. The predicted molar refractivity (Wildman–Crippen MR) is 153 cm³/mol. The molecule has 1 aliphatic heterocycles. The van der Waals surface area contributed by atoms with Crippen LogP contribution in [0.4, 0.5) is 18.3 Å². The first-order valence-electron chi connectivity index (χ1n) is 13.2.